The summed E-state index contributed by atoms with van der Waals surface area (Å²) in [6.07, 6.45) is 5.42. The van der Waals surface area contributed by atoms with Crippen LogP contribution in [0.1, 0.15) is 25.3 Å². The van der Waals surface area contributed by atoms with E-state index in [0.717, 1.165) is 30.8 Å². The molecular weight excluding hydrogens is 424 g/mol. The minimum absolute atomic E-state index is 0.0869. The van der Waals surface area contributed by atoms with Gasteiger partial charge in [0.1, 0.15) is 11.7 Å². The average Bonchev–Trinajstić information content (AvgIpc) is 3.35. The maximum absolute atomic E-state index is 13.5. The Morgan fingerprint density at radius 2 is 1.94 bits per heavy atom. The molecule has 3 aliphatic heterocycles. The van der Waals surface area contributed by atoms with Gasteiger partial charge in [-0.2, -0.15) is 0 Å². The number of nitrogens with zero attached hydrogens (tertiary/aromatic N) is 2. The van der Waals surface area contributed by atoms with E-state index in [-0.39, 0.29) is 6.04 Å². The SMILES string of the molecule is CC[C@]12C=CCN3CC[C@]4(c5ccc(OC)cc5N(C)[C@@H]4[C@](O)(C(=O)OC)[C@@H]1C(=O)OC)[C@@H]32. The second-order valence-electron chi connectivity index (χ2n) is 9.73. The summed E-state index contributed by atoms with van der Waals surface area (Å²) in [6.45, 7) is 3.58. The Morgan fingerprint density at radius 3 is 2.58 bits per heavy atom. The highest BCUT2D eigenvalue weighted by atomic mass is 16.5. The summed E-state index contributed by atoms with van der Waals surface area (Å²) in [5, 5.41) is 12.5. The summed E-state index contributed by atoms with van der Waals surface area (Å²) < 4.78 is 15.9. The number of ether oxygens (including phenoxy) is 3. The molecule has 1 saturated carbocycles. The average molecular weight is 457 g/mol. The van der Waals surface area contributed by atoms with E-state index < -0.39 is 40.3 Å². The van der Waals surface area contributed by atoms with Crippen molar-refractivity contribution in [2.24, 2.45) is 11.3 Å². The molecule has 0 unspecified atom stereocenters. The topological polar surface area (TPSA) is 88.5 Å². The fourth-order valence-electron chi connectivity index (χ4n) is 7.89. The third-order valence-electron chi connectivity index (χ3n) is 8.86. The molecule has 1 N–H and O–H groups in total. The molecule has 0 amide bonds. The summed E-state index contributed by atoms with van der Waals surface area (Å²) in [5.41, 5.74) is -1.53. The monoisotopic (exact) mass is 456 g/mol. The number of benzene rings is 1. The zero-order chi connectivity index (χ0) is 23.8. The molecule has 1 spiro atoms. The van der Waals surface area contributed by atoms with Crippen molar-refractivity contribution >= 4 is 17.6 Å². The van der Waals surface area contributed by atoms with E-state index in [9.17, 15) is 14.7 Å². The lowest BCUT2D eigenvalue weighted by molar-refractivity contribution is -0.209. The molecule has 1 aromatic carbocycles. The first-order chi connectivity index (χ1) is 15.8. The first kappa shape index (κ1) is 22.2. The number of likely N-dealkylation sites (N-methyl/N-ethyl adjacent to an activating group) is 1. The number of fused-ring (bicyclic) bond motifs is 1. The number of hydrogen-bond donors (Lipinski definition) is 1. The lowest BCUT2D eigenvalue weighted by Crippen LogP contribution is -2.80. The number of hydrogen-bond acceptors (Lipinski definition) is 8. The number of anilines is 1. The van der Waals surface area contributed by atoms with E-state index in [1.807, 2.05) is 31.0 Å². The highest BCUT2D eigenvalue weighted by Crippen LogP contribution is 2.68. The van der Waals surface area contributed by atoms with Crippen molar-refractivity contribution in [3.05, 3.63) is 35.9 Å². The molecule has 1 saturated heterocycles. The zero-order valence-corrected chi connectivity index (χ0v) is 19.8. The van der Waals surface area contributed by atoms with Crippen molar-refractivity contribution in [3.63, 3.8) is 0 Å². The Hall–Kier alpha value is -2.58. The van der Waals surface area contributed by atoms with Crippen molar-refractivity contribution in [2.45, 2.75) is 42.9 Å². The predicted molar refractivity (Wildman–Crippen MR) is 121 cm³/mol. The highest BCUT2D eigenvalue weighted by molar-refractivity contribution is 5.92. The summed E-state index contributed by atoms with van der Waals surface area (Å²) in [5.74, 6) is -1.83. The molecule has 8 nitrogen and oxygen atoms in total. The van der Waals surface area contributed by atoms with Gasteiger partial charge in [0, 0.05) is 42.2 Å². The normalized spacial score (nSPS) is 38.4. The van der Waals surface area contributed by atoms with Crippen molar-refractivity contribution in [3.8, 4) is 5.75 Å². The molecular formula is C25H32N2O6. The quantitative estimate of drug-likeness (QED) is 0.539. The van der Waals surface area contributed by atoms with Gasteiger partial charge in [-0.1, -0.05) is 25.1 Å². The summed E-state index contributed by atoms with van der Waals surface area (Å²) in [6, 6.07) is 5.15. The molecule has 0 aromatic heterocycles. The van der Waals surface area contributed by atoms with E-state index in [0.29, 0.717) is 12.2 Å². The first-order valence-corrected chi connectivity index (χ1v) is 11.5. The minimum Gasteiger partial charge on any atom is -0.497 e. The molecule has 33 heavy (non-hydrogen) atoms. The fraction of sp³-hybridized carbons (Fsp3) is 0.600. The number of methoxy groups -OCH3 is 3. The van der Waals surface area contributed by atoms with E-state index in [1.54, 1.807) is 7.11 Å². The van der Waals surface area contributed by atoms with Crippen LogP contribution in [0.4, 0.5) is 5.69 Å². The van der Waals surface area contributed by atoms with Crippen LogP contribution in [-0.2, 0) is 24.5 Å². The van der Waals surface area contributed by atoms with E-state index in [4.69, 9.17) is 14.2 Å². The molecule has 0 radical (unpaired) electrons. The van der Waals surface area contributed by atoms with Crippen LogP contribution in [0.25, 0.3) is 0 Å². The summed E-state index contributed by atoms with van der Waals surface area (Å²) in [4.78, 5) is 31.3. The van der Waals surface area contributed by atoms with Gasteiger partial charge in [0.2, 0.25) is 0 Å². The third kappa shape index (κ3) is 2.38. The van der Waals surface area contributed by atoms with Crippen molar-refractivity contribution in [1.29, 1.82) is 0 Å². The van der Waals surface area contributed by atoms with Crippen LogP contribution in [0.3, 0.4) is 0 Å². The largest absolute Gasteiger partial charge is 0.497 e. The smallest absolute Gasteiger partial charge is 0.341 e. The number of aliphatic hydroxyl groups is 1. The van der Waals surface area contributed by atoms with Crippen LogP contribution < -0.4 is 9.64 Å². The maximum Gasteiger partial charge on any atom is 0.341 e. The van der Waals surface area contributed by atoms with Gasteiger partial charge in [-0.15, -0.1) is 0 Å². The van der Waals surface area contributed by atoms with Gasteiger partial charge in [0.05, 0.1) is 27.4 Å². The zero-order valence-electron chi connectivity index (χ0n) is 19.8. The summed E-state index contributed by atoms with van der Waals surface area (Å²) in [7, 11) is 6.06. The molecule has 178 valence electrons. The number of carbonyl (C=O) groups is 2. The summed E-state index contributed by atoms with van der Waals surface area (Å²) >= 11 is 0. The molecule has 6 atom stereocenters. The molecule has 2 fully saturated rings. The van der Waals surface area contributed by atoms with Gasteiger partial charge >= 0.3 is 11.9 Å². The number of rotatable bonds is 4. The molecule has 0 bridgehead atoms. The minimum atomic E-state index is -2.12. The Kier molecular flexibility index (Phi) is 4.85. The van der Waals surface area contributed by atoms with Gasteiger partial charge in [-0.3, -0.25) is 9.69 Å². The van der Waals surface area contributed by atoms with Crippen LogP contribution in [0.2, 0.25) is 0 Å². The van der Waals surface area contributed by atoms with E-state index >= 15 is 0 Å². The Morgan fingerprint density at radius 1 is 1.18 bits per heavy atom. The van der Waals surface area contributed by atoms with Crippen molar-refractivity contribution < 1.29 is 28.9 Å². The second-order valence-corrected chi connectivity index (χ2v) is 9.73. The van der Waals surface area contributed by atoms with E-state index in [1.165, 1.54) is 14.2 Å². The van der Waals surface area contributed by atoms with E-state index in [2.05, 4.69) is 23.1 Å². The van der Waals surface area contributed by atoms with Gasteiger partial charge < -0.3 is 24.2 Å². The predicted octanol–water partition coefficient (Wildman–Crippen LogP) is 1.50. The molecule has 1 aliphatic carbocycles. The lowest BCUT2D eigenvalue weighted by atomic mass is 9.45. The second kappa shape index (κ2) is 7.21. The molecule has 3 heterocycles. The van der Waals surface area contributed by atoms with Crippen molar-refractivity contribution in [1.82, 2.24) is 4.90 Å². The Bertz CT molecular complexity index is 1040. The van der Waals surface area contributed by atoms with Crippen LogP contribution in [-0.4, -0.2) is 81.1 Å². The molecule has 4 aliphatic rings. The third-order valence-corrected chi connectivity index (χ3v) is 8.86. The molecule has 8 heteroatoms. The van der Waals surface area contributed by atoms with Crippen LogP contribution in [0, 0.1) is 11.3 Å². The standard InChI is InChI=1S/C25H32N2O6/c1-6-23-10-7-12-27-13-11-24(20(23)27)16-9-8-15(31-3)14-17(16)26(2)21(24)25(30,22(29)33-5)18(23)19(28)32-4/h7-10,14,18,20-21,30H,6,11-13H2,1-5H3/t18-,20+,21+,23+,24+,25+/m1/s1. The van der Waals surface area contributed by atoms with Crippen LogP contribution in [0.15, 0.2) is 30.4 Å². The maximum atomic E-state index is 13.5. The van der Waals surface area contributed by atoms with Crippen LogP contribution in [0.5, 0.6) is 5.75 Å². The lowest BCUT2D eigenvalue weighted by Gasteiger charge is -2.63. The molecule has 5 rings (SSSR count). The van der Waals surface area contributed by atoms with Crippen molar-refractivity contribution in [2.75, 3.05) is 46.4 Å². The van der Waals surface area contributed by atoms with Gasteiger partial charge in [0.15, 0.2) is 5.60 Å². The Balaban J connectivity index is 1.88. The van der Waals surface area contributed by atoms with Gasteiger partial charge in [-0.25, -0.2) is 4.79 Å². The molecule has 1 aromatic rings. The van der Waals surface area contributed by atoms with Gasteiger partial charge in [-0.05, 0) is 31.0 Å². The Labute approximate surface area is 194 Å². The number of esters is 2. The number of carbonyl (C=O) groups excluding carboxylic acids is 2. The fourth-order valence-corrected chi connectivity index (χ4v) is 7.89. The highest BCUT2D eigenvalue weighted by Gasteiger charge is 2.80. The van der Waals surface area contributed by atoms with Gasteiger partial charge in [0.25, 0.3) is 0 Å². The van der Waals surface area contributed by atoms with Crippen LogP contribution >= 0.6 is 0 Å². The first-order valence-electron chi connectivity index (χ1n) is 11.5.